The van der Waals surface area contributed by atoms with Crippen molar-refractivity contribution in [2.45, 2.75) is 18.2 Å². The average molecular weight is 359 g/mol. The Labute approximate surface area is 149 Å². The third-order valence-corrected chi connectivity index (χ3v) is 5.37. The first-order valence-corrected chi connectivity index (χ1v) is 9.04. The Morgan fingerprint density at radius 1 is 1.16 bits per heavy atom. The number of carboxylic acid groups (broad SMARTS) is 1. The second-order valence-electron chi connectivity index (χ2n) is 5.91. The van der Waals surface area contributed by atoms with Crippen molar-refractivity contribution >= 4 is 23.6 Å². The first-order chi connectivity index (χ1) is 12.0. The molecule has 2 aromatic carbocycles. The molecule has 25 heavy (non-hydrogen) atoms. The Morgan fingerprint density at radius 2 is 1.88 bits per heavy atom. The van der Waals surface area contributed by atoms with Crippen LogP contribution < -0.4 is 0 Å². The van der Waals surface area contributed by atoms with Gasteiger partial charge in [-0.3, -0.25) is 9.59 Å². The lowest BCUT2D eigenvalue weighted by atomic mass is 10.0. The van der Waals surface area contributed by atoms with Crippen LogP contribution in [-0.4, -0.2) is 34.2 Å². The summed E-state index contributed by atoms with van der Waals surface area (Å²) in [6, 6.07) is 13.5. The van der Waals surface area contributed by atoms with Gasteiger partial charge in [0.05, 0.1) is 0 Å². The Kier molecular flexibility index (Phi) is 5.38. The van der Waals surface area contributed by atoms with Crippen LogP contribution in [-0.2, 0) is 22.6 Å². The molecule has 4 nitrogen and oxygen atoms in total. The zero-order valence-electron chi connectivity index (χ0n) is 13.5. The molecular formula is C19H18FNO3S. The molecule has 3 rings (SSSR count). The third kappa shape index (κ3) is 4.20. The Hall–Kier alpha value is -2.34. The number of thioether (sulfide) groups is 1. The first-order valence-electron chi connectivity index (χ1n) is 7.99. The van der Waals surface area contributed by atoms with Crippen LogP contribution in [0.1, 0.15) is 21.9 Å². The van der Waals surface area contributed by atoms with E-state index in [2.05, 4.69) is 0 Å². The Bertz CT molecular complexity index is 778. The van der Waals surface area contributed by atoms with Crippen molar-refractivity contribution in [2.75, 3.05) is 12.3 Å². The van der Waals surface area contributed by atoms with Gasteiger partial charge in [-0.15, -0.1) is 11.8 Å². The maximum Gasteiger partial charge on any atom is 0.323 e. The number of carboxylic acids is 1. The lowest BCUT2D eigenvalue weighted by molar-refractivity contribution is -0.144. The van der Waals surface area contributed by atoms with Crippen LogP contribution in [0.2, 0.25) is 0 Å². The quantitative estimate of drug-likeness (QED) is 0.890. The normalized spacial score (nSPS) is 16.1. The highest BCUT2D eigenvalue weighted by molar-refractivity contribution is 8.00. The number of nitrogens with zero attached hydrogens (tertiary/aromatic N) is 1. The van der Waals surface area contributed by atoms with Gasteiger partial charge < -0.3 is 10.0 Å². The topological polar surface area (TPSA) is 57.6 Å². The predicted octanol–water partition coefficient (Wildman–Crippen LogP) is 3.27. The zero-order valence-corrected chi connectivity index (χ0v) is 14.3. The smallest absolute Gasteiger partial charge is 0.323 e. The second-order valence-corrected chi connectivity index (χ2v) is 7.13. The Morgan fingerprint density at radius 3 is 2.60 bits per heavy atom. The molecule has 0 fully saturated rings. The van der Waals surface area contributed by atoms with Crippen molar-refractivity contribution in [2.24, 2.45) is 0 Å². The number of hydrogen-bond donors (Lipinski definition) is 1. The molecule has 0 saturated heterocycles. The molecule has 130 valence electrons. The average Bonchev–Trinajstić information content (AvgIpc) is 2.61. The molecule has 1 amide bonds. The highest BCUT2D eigenvalue weighted by Crippen LogP contribution is 2.38. The largest absolute Gasteiger partial charge is 0.480 e. The van der Waals surface area contributed by atoms with Crippen molar-refractivity contribution in [3.63, 3.8) is 0 Å². The lowest BCUT2D eigenvalue weighted by Crippen LogP contribution is -2.38. The van der Waals surface area contributed by atoms with Gasteiger partial charge in [0.2, 0.25) is 5.91 Å². The van der Waals surface area contributed by atoms with Crippen molar-refractivity contribution < 1.29 is 19.1 Å². The van der Waals surface area contributed by atoms with Crippen molar-refractivity contribution in [1.82, 2.24) is 4.90 Å². The zero-order chi connectivity index (χ0) is 17.8. The van der Waals surface area contributed by atoms with Crippen molar-refractivity contribution in [1.29, 1.82) is 0 Å². The van der Waals surface area contributed by atoms with E-state index in [1.54, 1.807) is 12.1 Å². The summed E-state index contributed by atoms with van der Waals surface area (Å²) in [7, 11) is 0. The standard InChI is InChI=1S/C19H18FNO3S/c20-15-7-5-13(6-8-15)11-21(12-17(22)23)19(24)18-16-4-2-1-3-14(16)9-10-25-18/h1-8,18H,9-12H2,(H,22,23). The summed E-state index contributed by atoms with van der Waals surface area (Å²) < 4.78 is 13.1. The maximum absolute atomic E-state index is 13.1. The molecule has 0 aromatic heterocycles. The minimum absolute atomic E-state index is 0.143. The molecule has 6 heteroatoms. The number of carbonyl (C=O) groups is 2. The molecule has 1 atom stereocenters. The number of benzene rings is 2. The van der Waals surface area contributed by atoms with Crippen LogP contribution in [0.25, 0.3) is 0 Å². The highest BCUT2D eigenvalue weighted by atomic mass is 32.2. The van der Waals surface area contributed by atoms with E-state index in [0.29, 0.717) is 5.56 Å². The number of aryl methyl sites for hydroxylation is 1. The summed E-state index contributed by atoms with van der Waals surface area (Å²) >= 11 is 1.54. The molecule has 1 aliphatic heterocycles. The van der Waals surface area contributed by atoms with Gasteiger partial charge in [-0.25, -0.2) is 4.39 Å². The van der Waals surface area contributed by atoms with Crippen molar-refractivity contribution in [3.05, 3.63) is 71.0 Å². The number of fused-ring (bicyclic) bond motifs is 1. The molecule has 0 spiro atoms. The fourth-order valence-electron chi connectivity index (χ4n) is 2.95. The summed E-state index contributed by atoms with van der Waals surface area (Å²) in [5.74, 6) is -0.824. The molecule has 1 N–H and O–H groups in total. The van der Waals surface area contributed by atoms with Crippen LogP contribution in [0.15, 0.2) is 48.5 Å². The third-order valence-electron chi connectivity index (χ3n) is 4.14. The summed E-state index contributed by atoms with van der Waals surface area (Å²) in [5.41, 5.74) is 2.79. The van der Waals surface area contributed by atoms with E-state index in [1.165, 1.54) is 28.8 Å². The number of hydrogen-bond acceptors (Lipinski definition) is 3. The Balaban J connectivity index is 1.84. The van der Waals surface area contributed by atoms with Crippen LogP contribution in [0, 0.1) is 5.82 Å². The minimum Gasteiger partial charge on any atom is -0.480 e. The second kappa shape index (κ2) is 7.70. The van der Waals surface area contributed by atoms with Crippen LogP contribution in [0.3, 0.4) is 0 Å². The molecule has 1 heterocycles. The number of amides is 1. The van der Waals surface area contributed by atoms with Crippen LogP contribution in [0.4, 0.5) is 4.39 Å². The molecule has 2 aromatic rings. The van der Waals surface area contributed by atoms with Gasteiger partial charge in [-0.2, -0.15) is 0 Å². The predicted molar refractivity (Wildman–Crippen MR) is 94.8 cm³/mol. The van der Waals surface area contributed by atoms with E-state index < -0.39 is 11.2 Å². The summed E-state index contributed by atoms with van der Waals surface area (Å²) in [4.78, 5) is 25.6. The summed E-state index contributed by atoms with van der Waals surface area (Å²) in [6.07, 6.45) is 0.904. The SMILES string of the molecule is O=C(O)CN(Cc1ccc(F)cc1)C(=O)C1SCCc2ccccc21. The van der Waals surface area contributed by atoms with Gasteiger partial charge in [0, 0.05) is 6.54 Å². The summed E-state index contributed by atoms with van der Waals surface area (Å²) in [5, 5.41) is 8.79. The molecule has 1 unspecified atom stereocenters. The van der Waals surface area contributed by atoms with Gasteiger partial charge in [0.15, 0.2) is 0 Å². The molecule has 0 radical (unpaired) electrons. The molecule has 0 bridgehead atoms. The number of rotatable bonds is 5. The van der Waals surface area contributed by atoms with Crippen molar-refractivity contribution in [3.8, 4) is 0 Å². The van der Waals surface area contributed by atoms with Gasteiger partial charge in [0.25, 0.3) is 0 Å². The number of carbonyl (C=O) groups excluding carboxylic acids is 1. The van der Waals surface area contributed by atoms with E-state index in [0.717, 1.165) is 23.3 Å². The number of aliphatic carboxylic acids is 1. The molecule has 0 aliphatic carbocycles. The van der Waals surface area contributed by atoms with E-state index in [4.69, 9.17) is 0 Å². The van der Waals surface area contributed by atoms with Gasteiger partial charge in [-0.1, -0.05) is 36.4 Å². The fraction of sp³-hybridized carbons (Fsp3) is 0.263. The van der Waals surface area contributed by atoms with Gasteiger partial charge >= 0.3 is 5.97 Å². The number of halogens is 1. The van der Waals surface area contributed by atoms with Gasteiger partial charge in [0.1, 0.15) is 17.6 Å². The van der Waals surface area contributed by atoms with E-state index >= 15 is 0 Å². The lowest BCUT2D eigenvalue weighted by Gasteiger charge is -2.29. The molecule has 0 saturated carbocycles. The fourth-order valence-corrected chi connectivity index (χ4v) is 4.22. The highest BCUT2D eigenvalue weighted by Gasteiger charge is 2.31. The monoisotopic (exact) mass is 359 g/mol. The van der Waals surface area contributed by atoms with Gasteiger partial charge in [-0.05, 0) is 41.0 Å². The first kappa shape index (κ1) is 17.5. The van der Waals surface area contributed by atoms with E-state index in [-0.39, 0.29) is 24.8 Å². The van der Waals surface area contributed by atoms with Crippen LogP contribution in [0.5, 0.6) is 0 Å². The molecular weight excluding hydrogens is 341 g/mol. The molecule has 1 aliphatic rings. The summed E-state index contributed by atoms with van der Waals surface area (Å²) in [6.45, 7) is -0.236. The van der Waals surface area contributed by atoms with E-state index in [9.17, 15) is 19.1 Å². The minimum atomic E-state index is -1.07. The van der Waals surface area contributed by atoms with E-state index in [1.807, 2.05) is 24.3 Å². The van der Waals surface area contributed by atoms with Crippen LogP contribution >= 0.6 is 11.8 Å². The maximum atomic E-state index is 13.1.